The van der Waals surface area contributed by atoms with E-state index in [1.54, 1.807) is 6.07 Å². The van der Waals surface area contributed by atoms with Crippen LogP contribution in [0.2, 0.25) is 0 Å². The minimum Gasteiger partial charge on any atom is -0.354 e. The number of carbonyl (C=O) groups is 1. The van der Waals surface area contributed by atoms with Crippen LogP contribution in [0.25, 0.3) is 11.4 Å². The molecule has 0 aliphatic heterocycles. The molecular weight excluding hydrogens is 371 g/mol. The number of nitrogens with one attached hydrogen (secondary N) is 1. The van der Waals surface area contributed by atoms with Crippen molar-refractivity contribution >= 4 is 5.91 Å². The standard InChI is InChI=1S/C22H25FN4O2/c1-27(2)19(17-10-6-11-18(23)14-17)15-24-20(28)12-7-13-21-25-22(26-29-21)16-8-4-3-5-9-16/h3-6,8-11,14,19H,7,12-13,15H2,1-2H3,(H,24,28). The number of aromatic nitrogens is 2. The van der Waals surface area contributed by atoms with Gasteiger partial charge in [-0.3, -0.25) is 4.79 Å². The van der Waals surface area contributed by atoms with Crippen molar-refractivity contribution in [1.82, 2.24) is 20.4 Å². The first kappa shape index (κ1) is 20.7. The van der Waals surface area contributed by atoms with E-state index < -0.39 is 0 Å². The highest BCUT2D eigenvalue weighted by molar-refractivity contribution is 5.75. The molecule has 3 aromatic rings. The van der Waals surface area contributed by atoms with Crippen LogP contribution in [0.4, 0.5) is 4.39 Å². The fraction of sp³-hybridized carbons (Fsp3) is 0.318. The first-order valence-electron chi connectivity index (χ1n) is 9.59. The van der Waals surface area contributed by atoms with Crippen molar-refractivity contribution in [2.24, 2.45) is 0 Å². The molecule has 0 spiro atoms. The number of benzene rings is 2. The summed E-state index contributed by atoms with van der Waals surface area (Å²) in [6.45, 7) is 0.411. The summed E-state index contributed by atoms with van der Waals surface area (Å²) in [7, 11) is 3.81. The predicted molar refractivity (Wildman–Crippen MR) is 109 cm³/mol. The Labute approximate surface area is 169 Å². The minimum atomic E-state index is -0.282. The third-order valence-corrected chi connectivity index (χ3v) is 4.64. The number of likely N-dealkylation sites (N-methyl/N-ethyl adjacent to an activating group) is 1. The first-order chi connectivity index (χ1) is 14.0. The molecule has 0 saturated carbocycles. The highest BCUT2D eigenvalue weighted by Gasteiger charge is 2.16. The summed E-state index contributed by atoms with van der Waals surface area (Å²) in [5.41, 5.74) is 1.72. The summed E-state index contributed by atoms with van der Waals surface area (Å²) in [5.74, 6) is 0.725. The van der Waals surface area contributed by atoms with Crippen LogP contribution < -0.4 is 5.32 Å². The van der Waals surface area contributed by atoms with Crippen molar-refractivity contribution in [2.75, 3.05) is 20.6 Å². The lowest BCUT2D eigenvalue weighted by Crippen LogP contribution is -2.34. The van der Waals surface area contributed by atoms with Gasteiger partial charge in [0.2, 0.25) is 17.6 Å². The molecule has 29 heavy (non-hydrogen) atoms. The summed E-state index contributed by atoms with van der Waals surface area (Å²) in [4.78, 5) is 18.5. The number of carbonyl (C=O) groups excluding carboxylic acids is 1. The molecular formula is C22H25FN4O2. The van der Waals surface area contributed by atoms with Gasteiger partial charge in [-0.15, -0.1) is 0 Å². The number of amides is 1. The number of rotatable bonds is 9. The van der Waals surface area contributed by atoms with Crippen molar-refractivity contribution in [2.45, 2.75) is 25.3 Å². The van der Waals surface area contributed by atoms with Gasteiger partial charge in [0.05, 0.1) is 6.04 Å². The van der Waals surface area contributed by atoms with E-state index >= 15 is 0 Å². The summed E-state index contributed by atoms with van der Waals surface area (Å²) >= 11 is 0. The van der Waals surface area contributed by atoms with E-state index in [1.807, 2.05) is 55.4 Å². The Morgan fingerprint density at radius 3 is 2.69 bits per heavy atom. The molecule has 6 nitrogen and oxygen atoms in total. The lowest BCUT2D eigenvalue weighted by molar-refractivity contribution is -0.121. The van der Waals surface area contributed by atoms with E-state index in [-0.39, 0.29) is 17.8 Å². The zero-order chi connectivity index (χ0) is 20.6. The molecule has 0 aliphatic rings. The van der Waals surface area contributed by atoms with Crippen LogP contribution in [0.15, 0.2) is 59.1 Å². The van der Waals surface area contributed by atoms with Gasteiger partial charge in [0, 0.05) is 24.9 Å². The highest BCUT2D eigenvalue weighted by atomic mass is 19.1. The van der Waals surface area contributed by atoms with Gasteiger partial charge in [-0.25, -0.2) is 4.39 Å². The zero-order valence-corrected chi connectivity index (χ0v) is 16.6. The van der Waals surface area contributed by atoms with Gasteiger partial charge < -0.3 is 14.7 Å². The second kappa shape index (κ2) is 9.93. The third-order valence-electron chi connectivity index (χ3n) is 4.64. The molecule has 0 fully saturated rings. The first-order valence-corrected chi connectivity index (χ1v) is 9.59. The number of nitrogens with zero attached hydrogens (tertiary/aromatic N) is 3. The molecule has 1 amide bonds. The lowest BCUT2D eigenvalue weighted by Gasteiger charge is -2.25. The average molecular weight is 396 g/mol. The van der Waals surface area contributed by atoms with E-state index in [9.17, 15) is 9.18 Å². The van der Waals surface area contributed by atoms with Gasteiger partial charge in [-0.1, -0.05) is 47.6 Å². The molecule has 1 N–H and O–H groups in total. The summed E-state index contributed by atoms with van der Waals surface area (Å²) in [6.07, 6.45) is 1.50. The SMILES string of the molecule is CN(C)C(CNC(=O)CCCc1nc(-c2ccccc2)no1)c1cccc(F)c1. The molecule has 3 rings (SSSR count). The maximum Gasteiger partial charge on any atom is 0.226 e. The molecule has 1 unspecified atom stereocenters. The number of aryl methyl sites for hydroxylation is 1. The molecule has 0 aliphatic carbocycles. The Bertz CT molecular complexity index is 927. The average Bonchev–Trinajstić information content (AvgIpc) is 3.17. The van der Waals surface area contributed by atoms with Crippen molar-refractivity contribution in [3.05, 3.63) is 71.9 Å². The summed E-state index contributed by atoms with van der Waals surface area (Å²) in [5, 5.41) is 6.91. The smallest absolute Gasteiger partial charge is 0.226 e. The molecule has 7 heteroatoms. The van der Waals surface area contributed by atoms with Crippen LogP contribution >= 0.6 is 0 Å². The molecule has 0 saturated heterocycles. The fourth-order valence-electron chi connectivity index (χ4n) is 3.07. The molecule has 0 radical (unpaired) electrons. The van der Waals surface area contributed by atoms with Crippen molar-refractivity contribution < 1.29 is 13.7 Å². The highest BCUT2D eigenvalue weighted by Crippen LogP contribution is 2.18. The van der Waals surface area contributed by atoms with Gasteiger partial charge >= 0.3 is 0 Å². The zero-order valence-electron chi connectivity index (χ0n) is 16.6. The Morgan fingerprint density at radius 2 is 1.97 bits per heavy atom. The van der Waals surface area contributed by atoms with Gasteiger partial charge in [0.15, 0.2) is 0 Å². The Morgan fingerprint density at radius 1 is 1.17 bits per heavy atom. The fourth-order valence-corrected chi connectivity index (χ4v) is 3.07. The molecule has 2 aromatic carbocycles. The van der Waals surface area contributed by atoms with Crippen LogP contribution in [0.3, 0.4) is 0 Å². The van der Waals surface area contributed by atoms with E-state index in [0.29, 0.717) is 37.5 Å². The Balaban J connectivity index is 1.45. The van der Waals surface area contributed by atoms with Crippen molar-refractivity contribution in [3.8, 4) is 11.4 Å². The van der Waals surface area contributed by atoms with Gasteiger partial charge in [-0.05, 0) is 38.2 Å². The predicted octanol–water partition coefficient (Wildman–Crippen LogP) is 3.62. The molecule has 1 atom stereocenters. The molecule has 1 heterocycles. The van der Waals surface area contributed by atoms with Crippen molar-refractivity contribution in [1.29, 1.82) is 0 Å². The lowest BCUT2D eigenvalue weighted by atomic mass is 10.1. The summed E-state index contributed by atoms with van der Waals surface area (Å²) < 4.78 is 18.8. The molecule has 0 bridgehead atoms. The van der Waals surface area contributed by atoms with E-state index in [1.165, 1.54) is 12.1 Å². The van der Waals surface area contributed by atoms with Crippen LogP contribution in [-0.2, 0) is 11.2 Å². The minimum absolute atomic E-state index is 0.0592. The maximum absolute atomic E-state index is 13.5. The Kier molecular flexibility index (Phi) is 7.08. The topological polar surface area (TPSA) is 71.3 Å². The number of halogens is 1. The van der Waals surface area contributed by atoms with E-state index in [4.69, 9.17) is 4.52 Å². The summed E-state index contributed by atoms with van der Waals surface area (Å²) in [6, 6.07) is 15.9. The van der Waals surface area contributed by atoms with Crippen LogP contribution in [-0.4, -0.2) is 41.6 Å². The van der Waals surface area contributed by atoms with Gasteiger partial charge in [-0.2, -0.15) is 4.98 Å². The monoisotopic (exact) mass is 396 g/mol. The second-order valence-electron chi connectivity index (χ2n) is 7.07. The van der Waals surface area contributed by atoms with E-state index in [0.717, 1.165) is 11.1 Å². The molecule has 1 aromatic heterocycles. The normalized spacial score (nSPS) is 12.1. The largest absolute Gasteiger partial charge is 0.354 e. The van der Waals surface area contributed by atoms with Crippen molar-refractivity contribution in [3.63, 3.8) is 0 Å². The molecule has 152 valence electrons. The van der Waals surface area contributed by atoms with Crippen LogP contribution in [0, 0.1) is 5.82 Å². The second-order valence-corrected chi connectivity index (χ2v) is 7.07. The quantitative estimate of drug-likeness (QED) is 0.598. The number of hydrogen-bond donors (Lipinski definition) is 1. The van der Waals surface area contributed by atoms with E-state index in [2.05, 4.69) is 15.5 Å². The maximum atomic E-state index is 13.5. The van der Waals surface area contributed by atoms with Crippen LogP contribution in [0.5, 0.6) is 0 Å². The Hall–Kier alpha value is -3.06. The number of hydrogen-bond acceptors (Lipinski definition) is 5. The third kappa shape index (κ3) is 5.96. The van der Waals surface area contributed by atoms with Gasteiger partial charge in [0.1, 0.15) is 5.82 Å². The van der Waals surface area contributed by atoms with Crippen LogP contribution in [0.1, 0.15) is 30.3 Å². The van der Waals surface area contributed by atoms with Gasteiger partial charge in [0.25, 0.3) is 0 Å².